The van der Waals surface area contributed by atoms with E-state index in [9.17, 15) is 0 Å². The molecule has 3 N–H and O–H groups in total. The first-order valence-corrected chi connectivity index (χ1v) is 4.63. The summed E-state index contributed by atoms with van der Waals surface area (Å²) in [5.74, 6) is 1.22. The lowest BCUT2D eigenvalue weighted by atomic mass is 10.2. The zero-order valence-electron chi connectivity index (χ0n) is 7.84. The van der Waals surface area contributed by atoms with Gasteiger partial charge in [0.25, 0.3) is 0 Å². The Kier molecular flexibility index (Phi) is 3.37. The van der Waals surface area contributed by atoms with Crippen LogP contribution >= 0.6 is 11.6 Å². The van der Waals surface area contributed by atoms with Gasteiger partial charge in [0.05, 0.1) is 10.7 Å². The highest BCUT2D eigenvalue weighted by molar-refractivity contribution is 6.33. The van der Waals surface area contributed by atoms with Gasteiger partial charge in [0.2, 0.25) is 0 Å². The Morgan fingerprint density at radius 2 is 2.31 bits per heavy atom. The third kappa shape index (κ3) is 2.77. The molecule has 0 spiro atoms. The van der Waals surface area contributed by atoms with Crippen molar-refractivity contribution in [1.29, 1.82) is 0 Å². The standard InChI is InChI=1S/C9H14ClN3/c1-6(2)5-13-9-8(11)7(10)3-4-12-9/h3-4,6H,5,11H2,1-2H3,(H,12,13). The zero-order chi connectivity index (χ0) is 9.84. The number of halogens is 1. The molecular formula is C9H14ClN3. The molecule has 1 aromatic rings. The number of nitrogen functional groups attached to an aromatic ring is 1. The van der Waals surface area contributed by atoms with E-state index in [1.165, 1.54) is 0 Å². The Labute approximate surface area is 83.3 Å². The number of aromatic nitrogens is 1. The Balaban J connectivity index is 2.71. The van der Waals surface area contributed by atoms with Gasteiger partial charge >= 0.3 is 0 Å². The Morgan fingerprint density at radius 3 is 2.92 bits per heavy atom. The highest BCUT2D eigenvalue weighted by atomic mass is 35.5. The van der Waals surface area contributed by atoms with Crippen LogP contribution in [0.1, 0.15) is 13.8 Å². The summed E-state index contributed by atoms with van der Waals surface area (Å²) < 4.78 is 0. The van der Waals surface area contributed by atoms with E-state index in [4.69, 9.17) is 17.3 Å². The van der Waals surface area contributed by atoms with Crippen LogP contribution in [0, 0.1) is 5.92 Å². The van der Waals surface area contributed by atoms with Crippen molar-refractivity contribution in [3.63, 3.8) is 0 Å². The summed E-state index contributed by atoms with van der Waals surface area (Å²) in [6.45, 7) is 5.08. The first-order chi connectivity index (χ1) is 6.11. The van der Waals surface area contributed by atoms with Crippen molar-refractivity contribution in [2.24, 2.45) is 5.92 Å². The maximum Gasteiger partial charge on any atom is 0.150 e. The molecule has 1 rings (SSSR count). The van der Waals surface area contributed by atoms with E-state index in [-0.39, 0.29) is 0 Å². The summed E-state index contributed by atoms with van der Waals surface area (Å²) in [5.41, 5.74) is 6.23. The van der Waals surface area contributed by atoms with Gasteiger partial charge in [-0.05, 0) is 12.0 Å². The molecule has 0 bridgehead atoms. The second-order valence-corrected chi connectivity index (χ2v) is 3.74. The monoisotopic (exact) mass is 199 g/mol. The Hall–Kier alpha value is -0.960. The molecule has 72 valence electrons. The minimum atomic E-state index is 0.518. The van der Waals surface area contributed by atoms with Gasteiger partial charge in [0.15, 0.2) is 5.82 Å². The van der Waals surface area contributed by atoms with E-state index in [0.29, 0.717) is 22.4 Å². The largest absolute Gasteiger partial charge is 0.395 e. The lowest BCUT2D eigenvalue weighted by Crippen LogP contribution is -2.10. The van der Waals surface area contributed by atoms with Gasteiger partial charge in [-0.25, -0.2) is 4.98 Å². The molecule has 0 radical (unpaired) electrons. The minimum Gasteiger partial charge on any atom is -0.395 e. The maximum absolute atomic E-state index is 5.82. The fourth-order valence-electron chi connectivity index (χ4n) is 0.891. The third-order valence-electron chi connectivity index (χ3n) is 1.61. The number of hydrogen-bond acceptors (Lipinski definition) is 3. The maximum atomic E-state index is 5.82. The average molecular weight is 200 g/mol. The second-order valence-electron chi connectivity index (χ2n) is 3.33. The summed E-state index contributed by atoms with van der Waals surface area (Å²) >= 11 is 5.82. The van der Waals surface area contributed by atoms with Crippen LogP contribution in [0.4, 0.5) is 11.5 Å². The van der Waals surface area contributed by atoms with Gasteiger partial charge in [-0.1, -0.05) is 25.4 Å². The van der Waals surface area contributed by atoms with Crippen LogP contribution in [-0.2, 0) is 0 Å². The van der Waals surface area contributed by atoms with E-state index in [1.807, 2.05) is 0 Å². The SMILES string of the molecule is CC(C)CNc1nccc(Cl)c1N. The van der Waals surface area contributed by atoms with Gasteiger partial charge in [-0.3, -0.25) is 0 Å². The fourth-order valence-corrected chi connectivity index (χ4v) is 1.04. The van der Waals surface area contributed by atoms with Gasteiger partial charge in [-0.2, -0.15) is 0 Å². The number of nitrogens with zero attached hydrogens (tertiary/aromatic N) is 1. The summed E-state index contributed by atoms with van der Waals surface area (Å²) in [7, 11) is 0. The smallest absolute Gasteiger partial charge is 0.150 e. The highest BCUT2D eigenvalue weighted by Crippen LogP contribution is 2.24. The van der Waals surface area contributed by atoms with E-state index >= 15 is 0 Å². The van der Waals surface area contributed by atoms with Crippen molar-refractivity contribution in [3.8, 4) is 0 Å². The predicted molar refractivity (Wildman–Crippen MR) is 57.0 cm³/mol. The van der Waals surface area contributed by atoms with E-state index in [2.05, 4.69) is 24.1 Å². The molecule has 0 fully saturated rings. The number of nitrogens with one attached hydrogen (secondary N) is 1. The molecular weight excluding hydrogens is 186 g/mol. The van der Waals surface area contributed by atoms with Gasteiger partial charge in [0.1, 0.15) is 0 Å². The minimum absolute atomic E-state index is 0.518. The van der Waals surface area contributed by atoms with Crippen LogP contribution in [0.25, 0.3) is 0 Å². The molecule has 1 aromatic heterocycles. The van der Waals surface area contributed by atoms with Gasteiger partial charge in [-0.15, -0.1) is 0 Å². The van der Waals surface area contributed by atoms with Crippen LogP contribution in [0.5, 0.6) is 0 Å². The lowest BCUT2D eigenvalue weighted by molar-refractivity contribution is 0.687. The molecule has 1 heterocycles. The van der Waals surface area contributed by atoms with Crippen molar-refractivity contribution in [1.82, 2.24) is 4.98 Å². The molecule has 0 unspecified atom stereocenters. The Morgan fingerprint density at radius 1 is 1.62 bits per heavy atom. The summed E-state index contributed by atoms with van der Waals surface area (Å²) in [6, 6.07) is 1.68. The van der Waals surface area contributed by atoms with Crippen LogP contribution in [0.2, 0.25) is 5.02 Å². The third-order valence-corrected chi connectivity index (χ3v) is 1.94. The van der Waals surface area contributed by atoms with Crippen molar-refractivity contribution < 1.29 is 0 Å². The quantitative estimate of drug-likeness (QED) is 0.786. The summed E-state index contributed by atoms with van der Waals surface area (Å²) in [4.78, 5) is 4.09. The first-order valence-electron chi connectivity index (χ1n) is 4.25. The van der Waals surface area contributed by atoms with Crippen molar-refractivity contribution in [3.05, 3.63) is 17.3 Å². The van der Waals surface area contributed by atoms with Crippen LogP contribution in [0.15, 0.2) is 12.3 Å². The first kappa shape index (κ1) is 10.1. The van der Waals surface area contributed by atoms with Crippen molar-refractivity contribution in [2.45, 2.75) is 13.8 Å². The molecule has 0 aliphatic rings. The highest BCUT2D eigenvalue weighted by Gasteiger charge is 2.03. The van der Waals surface area contributed by atoms with E-state index in [0.717, 1.165) is 6.54 Å². The number of anilines is 2. The molecule has 0 saturated heterocycles. The molecule has 0 amide bonds. The molecule has 4 heteroatoms. The normalized spacial score (nSPS) is 10.5. The molecule has 0 atom stereocenters. The van der Waals surface area contributed by atoms with Gasteiger partial charge in [0, 0.05) is 12.7 Å². The topological polar surface area (TPSA) is 50.9 Å². The van der Waals surface area contributed by atoms with Crippen molar-refractivity contribution in [2.75, 3.05) is 17.6 Å². The fraction of sp³-hybridized carbons (Fsp3) is 0.444. The molecule has 3 nitrogen and oxygen atoms in total. The number of hydrogen-bond donors (Lipinski definition) is 2. The predicted octanol–water partition coefficient (Wildman–Crippen LogP) is 2.39. The molecule has 0 aliphatic carbocycles. The zero-order valence-corrected chi connectivity index (χ0v) is 8.60. The van der Waals surface area contributed by atoms with Crippen molar-refractivity contribution >= 4 is 23.1 Å². The lowest BCUT2D eigenvalue weighted by Gasteiger charge is -2.10. The van der Waals surface area contributed by atoms with E-state index in [1.54, 1.807) is 12.3 Å². The van der Waals surface area contributed by atoms with Crippen LogP contribution < -0.4 is 11.1 Å². The Bertz CT molecular complexity index is 286. The second kappa shape index (κ2) is 4.33. The van der Waals surface area contributed by atoms with Gasteiger partial charge < -0.3 is 11.1 Å². The van der Waals surface area contributed by atoms with Crippen LogP contribution in [0.3, 0.4) is 0 Å². The number of rotatable bonds is 3. The molecule has 0 aliphatic heterocycles. The number of pyridine rings is 1. The summed E-state index contributed by atoms with van der Waals surface area (Å²) in [6.07, 6.45) is 1.64. The van der Waals surface area contributed by atoms with E-state index < -0.39 is 0 Å². The molecule has 13 heavy (non-hydrogen) atoms. The molecule has 0 saturated carbocycles. The summed E-state index contributed by atoms with van der Waals surface area (Å²) in [5, 5.41) is 3.68. The molecule has 0 aromatic carbocycles. The average Bonchev–Trinajstić information content (AvgIpc) is 2.07. The van der Waals surface area contributed by atoms with Crippen LogP contribution in [-0.4, -0.2) is 11.5 Å². The number of nitrogens with two attached hydrogens (primary N) is 1.